The van der Waals surface area contributed by atoms with E-state index < -0.39 is 17.5 Å². The highest BCUT2D eigenvalue weighted by Gasteiger charge is 2.28. The lowest BCUT2D eigenvalue weighted by molar-refractivity contribution is 0.0503. The van der Waals surface area contributed by atoms with Gasteiger partial charge in [0.05, 0.1) is 16.5 Å². The van der Waals surface area contributed by atoms with Crippen LogP contribution in [0.1, 0.15) is 49.9 Å². The number of halogens is 1. The van der Waals surface area contributed by atoms with Crippen molar-refractivity contribution in [1.29, 1.82) is 5.26 Å². The molecule has 1 heterocycles. The van der Waals surface area contributed by atoms with Gasteiger partial charge in [0.2, 0.25) is 0 Å². The highest BCUT2D eigenvalue weighted by Crippen LogP contribution is 2.41. The Labute approximate surface area is 184 Å². The minimum absolute atomic E-state index is 0.00547. The van der Waals surface area contributed by atoms with E-state index in [2.05, 4.69) is 16.4 Å². The number of nitrogens with one attached hydrogen (secondary N) is 1. The summed E-state index contributed by atoms with van der Waals surface area (Å²) >= 11 is 1.50. The molecule has 0 saturated heterocycles. The minimum Gasteiger partial charge on any atom is -0.444 e. The lowest BCUT2D eigenvalue weighted by Gasteiger charge is -2.22. The summed E-state index contributed by atoms with van der Waals surface area (Å²) < 4.78 is 19.0. The molecule has 7 heteroatoms. The molecule has 0 aliphatic heterocycles. The average molecular weight is 436 g/mol. The second-order valence-corrected chi connectivity index (χ2v) is 9.48. The van der Waals surface area contributed by atoms with Gasteiger partial charge in [0.1, 0.15) is 22.5 Å². The van der Waals surface area contributed by atoms with Crippen molar-refractivity contribution in [1.82, 2.24) is 10.3 Å². The van der Waals surface area contributed by atoms with Crippen molar-refractivity contribution in [2.24, 2.45) is 0 Å². The van der Waals surface area contributed by atoms with Gasteiger partial charge in [0, 0.05) is 11.8 Å². The number of benzene rings is 2. The lowest BCUT2D eigenvalue weighted by Crippen LogP contribution is -2.34. The Morgan fingerprint density at radius 1 is 1.32 bits per heavy atom. The molecule has 0 radical (unpaired) electrons. The topological polar surface area (TPSA) is 75.0 Å². The quantitative estimate of drug-likeness (QED) is 0.547. The summed E-state index contributed by atoms with van der Waals surface area (Å²) in [6, 6.07) is 12.3. The Morgan fingerprint density at radius 3 is 2.87 bits per heavy atom. The first-order valence-electron chi connectivity index (χ1n) is 10.0. The highest BCUT2D eigenvalue weighted by atomic mass is 32.1. The smallest absolute Gasteiger partial charge is 0.408 e. The number of carbonyl (C=O) groups excluding carboxylic acids is 1. The number of alkyl carbamates (subject to hydrolysis) is 1. The Kier molecular flexibility index (Phi) is 5.50. The predicted octanol–water partition coefficient (Wildman–Crippen LogP) is 6.00. The molecule has 158 valence electrons. The average Bonchev–Trinajstić information content (AvgIpc) is 3.35. The number of rotatable bonds is 3. The molecule has 1 atom stereocenters. The zero-order valence-corrected chi connectivity index (χ0v) is 18.3. The van der Waals surface area contributed by atoms with E-state index in [-0.39, 0.29) is 11.6 Å². The van der Waals surface area contributed by atoms with Crippen molar-refractivity contribution in [2.75, 3.05) is 0 Å². The molecule has 1 aromatic heterocycles. The number of carbonyl (C=O) groups is 1. The lowest BCUT2D eigenvalue weighted by atomic mass is 10.0. The number of fused-ring (bicyclic) bond motifs is 1. The second kappa shape index (κ2) is 8.12. The normalized spacial score (nSPS) is 15.3. The van der Waals surface area contributed by atoms with Crippen LogP contribution in [0.4, 0.5) is 9.18 Å². The molecule has 0 bridgehead atoms. The molecule has 31 heavy (non-hydrogen) atoms. The van der Waals surface area contributed by atoms with Crippen LogP contribution in [0.15, 0.2) is 42.6 Å². The van der Waals surface area contributed by atoms with E-state index in [9.17, 15) is 9.18 Å². The molecular weight excluding hydrogens is 413 g/mol. The van der Waals surface area contributed by atoms with Gasteiger partial charge < -0.3 is 10.1 Å². The van der Waals surface area contributed by atoms with E-state index in [1.165, 1.54) is 29.0 Å². The van der Waals surface area contributed by atoms with Gasteiger partial charge in [0.15, 0.2) is 0 Å². The van der Waals surface area contributed by atoms with E-state index in [1.807, 2.05) is 39.0 Å². The first-order valence-corrected chi connectivity index (χ1v) is 10.8. The van der Waals surface area contributed by atoms with Crippen LogP contribution in [0.3, 0.4) is 0 Å². The Hall–Kier alpha value is -3.24. The highest BCUT2D eigenvalue weighted by molar-refractivity contribution is 7.18. The van der Waals surface area contributed by atoms with Crippen molar-refractivity contribution in [3.05, 3.63) is 65.1 Å². The summed E-state index contributed by atoms with van der Waals surface area (Å²) in [6.45, 7) is 5.53. The summed E-state index contributed by atoms with van der Waals surface area (Å²) in [5, 5.41) is 12.8. The van der Waals surface area contributed by atoms with Crippen molar-refractivity contribution in [2.45, 2.75) is 45.3 Å². The fraction of sp³-hybridized carbons (Fsp3) is 0.292. The molecule has 1 N–H and O–H groups in total. The molecule has 0 unspecified atom stereocenters. The Morgan fingerprint density at radius 2 is 2.13 bits per heavy atom. The number of nitriles is 1. The molecule has 0 saturated carbocycles. The maximum atomic E-state index is 13.6. The molecule has 4 rings (SSSR count). The zero-order chi connectivity index (χ0) is 22.2. The van der Waals surface area contributed by atoms with Gasteiger partial charge in [-0.05, 0) is 68.5 Å². The van der Waals surface area contributed by atoms with Crippen LogP contribution in [-0.4, -0.2) is 16.7 Å². The molecular formula is C24H22FN3O2S. The molecule has 5 nitrogen and oxygen atoms in total. The van der Waals surface area contributed by atoms with E-state index in [1.54, 1.807) is 12.3 Å². The molecule has 2 aromatic carbocycles. The fourth-order valence-corrected chi connectivity index (χ4v) is 4.73. The molecule has 0 fully saturated rings. The first-order chi connectivity index (χ1) is 14.7. The summed E-state index contributed by atoms with van der Waals surface area (Å²) in [4.78, 5) is 17.7. The van der Waals surface area contributed by atoms with Gasteiger partial charge in [0.25, 0.3) is 0 Å². The fourth-order valence-electron chi connectivity index (χ4n) is 3.76. The van der Waals surface area contributed by atoms with E-state index in [0.717, 1.165) is 33.9 Å². The monoisotopic (exact) mass is 435 g/mol. The third-order valence-corrected chi connectivity index (χ3v) is 6.15. The maximum Gasteiger partial charge on any atom is 0.408 e. The number of hydrogen-bond acceptors (Lipinski definition) is 5. The standard InChI is InChI=1S/C24H22FN3O2S/c1-24(2,3)30-23(29)28-20-10-8-16-17(20)5-4-6-18(16)21-13-27-22(31-21)14-7-9-19(25)15(11-14)12-26/h4-7,9,11,13,20H,8,10H2,1-3H3,(H,28,29)/t20-/m1/s1. The summed E-state index contributed by atoms with van der Waals surface area (Å²) in [5.74, 6) is -0.535. The van der Waals surface area contributed by atoms with Gasteiger partial charge in [-0.25, -0.2) is 14.2 Å². The maximum absolute atomic E-state index is 13.6. The van der Waals surface area contributed by atoms with Crippen LogP contribution in [0.5, 0.6) is 0 Å². The van der Waals surface area contributed by atoms with Crippen LogP contribution in [0.2, 0.25) is 0 Å². The van der Waals surface area contributed by atoms with Gasteiger partial charge in [-0.3, -0.25) is 0 Å². The summed E-state index contributed by atoms with van der Waals surface area (Å²) in [5.41, 5.74) is 3.54. The third kappa shape index (κ3) is 4.44. The SMILES string of the molecule is CC(C)(C)OC(=O)N[C@@H]1CCc2c(-c3cnc(-c4ccc(F)c(C#N)c4)s3)cccc21. The van der Waals surface area contributed by atoms with Crippen molar-refractivity contribution < 1.29 is 13.9 Å². The third-order valence-electron chi connectivity index (χ3n) is 5.07. The summed E-state index contributed by atoms with van der Waals surface area (Å²) in [6.07, 6.45) is 3.04. The molecule has 0 spiro atoms. The van der Waals surface area contributed by atoms with Crippen molar-refractivity contribution >= 4 is 17.4 Å². The number of ether oxygens (including phenoxy) is 1. The number of nitrogens with zero attached hydrogens (tertiary/aromatic N) is 2. The number of amides is 1. The van der Waals surface area contributed by atoms with E-state index in [4.69, 9.17) is 10.00 Å². The number of hydrogen-bond donors (Lipinski definition) is 1. The second-order valence-electron chi connectivity index (χ2n) is 8.45. The predicted molar refractivity (Wildman–Crippen MR) is 118 cm³/mol. The van der Waals surface area contributed by atoms with Crippen LogP contribution < -0.4 is 5.32 Å². The van der Waals surface area contributed by atoms with E-state index in [0.29, 0.717) is 5.56 Å². The molecule has 1 aliphatic rings. The van der Waals surface area contributed by atoms with Crippen LogP contribution in [0, 0.1) is 17.1 Å². The zero-order valence-electron chi connectivity index (χ0n) is 17.5. The number of thiazole rings is 1. The first kappa shape index (κ1) is 21.0. The van der Waals surface area contributed by atoms with Gasteiger partial charge in [-0.1, -0.05) is 18.2 Å². The van der Waals surface area contributed by atoms with Gasteiger partial charge in [-0.15, -0.1) is 11.3 Å². The summed E-state index contributed by atoms with van der Waals surface area (Å²) in [7, 11) is 0. The van der Waals surface area contributed by atoms with Crippen molar-refractivity contribution in [3.63, 3.8) is 0 Å². The molecule has 1 amide bonds. The van der Waals surface area contributed by atoms with E-state index >= 15 is 0 Å². The Balaban J connectivity index is 1.60. The van der Waals surface area contributed by atoms with Gasteiger partial charge in [-0.2, -0.15) is 5.26 Å². The van der Waals surface area contributed by atoms with Crippen LogP contribution >= 0.6 is 11.3 Å². The van der Waals surface area contributed by atoms with Crippen LogP contribution in [0.25, 0.3) is 21.0 Å². The molecule has 1 aliphatic carbocycles. The van der Waals surface area contributed by atoms with Crippen LogP contribution in [-0.2, 0) is 11.2 Å². The largest absolute Gasteiger partial charge is 0.444 e. The van der Waals surface area contributed by atoms with Gasteiger partial charge >= 0.3 is 6.09 Å². The molecule has 3 aromatic rings. The Bertz CT molecular complexity index is 1190. The number of aromatic nitrogens is 1. The van der Waals surface area contributed by atoms with Crippen molar-refractivity contribution in [3.8, 4) is 27.1 Å². The minimum atomic E-state index is -0.543.